The first-order chi connectivity index (χ1) is 12.3. The Balaban J connectivity index is 1.85. The van der Waals surface area contributed by atoms with Gasteiger partial charge in [-0.25, -0.2) is 4.39 Å². The van der Waals surface area contributed by atoms with Crippen molar-refractivity contribution >= 4 is 17.0 Å². The lowest BCUT2D eigenvalue weighted by Gasteiger charge is -2.20. The molecule has 1 aromatic carbocycles. The number of anilines is 1. The van der Waals surface area contributed by atoms with Crippen molar-refractivity contribution in [1.82, 2.24) is 10.1 Å². The molecular weight excluding hydrogens is 370 g/mol. The fraction of sp³-hybridized carbons (Fsp3) is 0.294. The highest BCUT2D eigenvalue weighted by Crippen LogP contribution is 2.56. The van der Waals surface area contributed by atoms with Crippen LogP contribution >= 0.6 is 11.3 Å². The van der Waals surface area contributed by atoms with Crippen molar-refractivity contribution in [3.8, 4) is 10.8 Å². The van der Waals surface area contributed by atoms with Gasteiger partial charge in [0.05, 0.1) is 15.9 Å². The lowest BCUT2D eigenvalue weighted by atomic mass is 9.89. The average molecular weight is 383 g/mol. The zero-order valence-corrected chi connectivity index (χ0v) is 14.3. The van der Waals surface area contributed by atoms with E-state index >= 15 is 0 Å². The van der Waals surface area contributed by atoms with Crippen molar-refractivity contribution in [1.29, 1.82) is 0 Å². The first-order valence-corrected chi connectivity index (χ1v) is 8.70. The second-order valence-electron chi connectivity index (χ2n) is 6.11. The molecule has 9 heteroatoms. The molecule has 1 fully saturated rings. The molecule has 136 valence electrons. The van der Waals surface area contributed by atoms with E-state index in [2.05, 4.69) is 15.5 Å². The van der Waals surface area contributed by atoms with E-state index in [9.17, 15) is 17.6 Å². The minimum Gasteiger partial charge on any atom is -0.388 e. The number of benzene rings is 1. The molecule has 0 aliphatic heterocycles. The highest BCUT2D eigenvalue weighted by molar-refractivity contribution is 7.13. The van der Waals surface area contributed by atoms with Crippen molar-refractivity contribution < 1.29 is 22.1 Å². The second-order valence-corrected chi connectivity index (χ2v) is 7.06. The number of halogens is 4. The van der Waals surface area contributed by atoms with E-state index in [1.165, 1.54) is 18.4 Å². The third-order valence-corrected chi connectivity index (χ3v) is 5.36. The minimum absolute atomic E-state index is 0.0572. The van der Waals surface area contributed by atoms with E-state index in [0.29, 0.717) is 17.7 Å². The number of hydrogen-bond donors (Lipinski definition) is 1. The van der Waals surface area contributed by atoms with Crippen LogP contribution in [0.15, 0.2) is 34.2 Å². The van der Waals surface area contributed by atoms with Crippen LogP contribution in [0.4, 0.5) is 23.2 Å². The molecule has 2 aromatic heterocycles. The van der Waals surface area contributed by atoms with Crippen LogP contribution in [0, 0.1) is 5.82 Å². The molecule has 0 amide bonds. The monoisotopic (exact) mass is 383 g/mol. The highest BCUT2D eigenvalue weighted by Gasteiger charge is 2.55. The van der Waals surface area contributed by atoms with Crippen molar-refractivity contribution in [2.45, 2.75) is 24.4 Å². The smallest absolute Gasteiger partial charge is 0.388 e. The molecule has 0 saturated heterocycles. The molecular formula is C17H13F4N3OS. The maximum Gasteiger partial charge on any atom is 0.416 e. The van der Waals surface area contributed by atoms with Crippen LogP contribution < -0.4 is 5.32 Å². The van der Waals surface area contributed by atoms with Gasteiger partial charge in [0.1, 0.15) is 5.82 Å². The number of hydrogen-bond acceptors (Lipinski definition) is 5. The average Bonchev–Trinajstić information content (AvgIpc) is 3.02. The minimum atomic E-state index is -4.70. The number of nitrogens with zero attached hydrogens (tertiary/aromatic N) is 2. The molecule has 0 bridgehead atoms. The number of nitrogens with one attached hydrogen (secondary N) is 1. The number of alkyl halides is 3. The third kappa shape index (κ3) is 2.66. The Morgan fingerprint density at radius 3 is 2.62 bits per heavy atom. The fourth-order valence-corrected chi connectivity index (χ4v) is 3.73. The molecule has 0 unspecified atom stereocenters. The maximum absolute atomic E-state index is 14.7. The summed E-state index contributed by atoms with van der Waals surface area (Å²) in [7, 11) is 1.44. The van der Waals surface area contributed by atoms with E-state index in [0.717, 1.165) is 12.1 Å². The lowest BCUT2D eigenvalue weighted by Crippen LogP contribution is -2.21. The van der Waals surface area contributed by atoms with Crippen LogP contribution in [0.25, 0.3) is 10.8 Å². The number of rotatable bonds is 4. The first kappa shape index (κ1) is 17.0. The van der Waals surface area contributed by atoms with Gasteiger partial charge in [0.15, 0.2) is 5.82 Å². The van der Waals surface area contributed by atoms with Crippen LogP contribution in [0.3, 0.4) is 0 Å². The number of aromatic nitrogens is 2. The van der Waals surface area contributed by atoms with Gasteiger partial charge in [0.2, 0.25) is 0 Å². The van der Waals surface area contributed by atoms with Crippen molar-refractivity contribution in [2.75, 3.05) is 12.4 Å². The van der Waals surface area contributed by atoms with Crippen LogP contribution in [0.1, 0.15) is 29.8 Å². The fourth-order valence-electron chi connectivity index (χ4n) is 3.09. The van der Waals surface area contributed by atoms with Gasteiger partial charge in [-0.1, -0.05) is 11.2 Å². The summed E-state index contributed by atoms with van der Waals surface area (Å²) in [6.07, 6.45) is -4.04. The molecule has 1 N–H and O–H groups in total. The van der Waals surface area contributed by atoms with Gasteiger partial charge < -0.3 is 9.84 Å². The molecule has 3 aromatic rings. The van der Waals surface area contributed by atoms with Crippen LogP contribution in [0.5, 0.6) is 0 Å². The quantitative estimate of drug-likeness (QED) is 0.639. The van der Waals surface area contributed by atoms with Gasteiger partial charge >= 0.3 is 6.18 Å². The van der Waals surface area contributed by atoms with Gasteiger partial charge in [0, 0.05) is 18.3 Å². The maximum atomic E-state index is 14.7. The molecule has 4 rings (SSSR count). The second kappa shape index (κ2) is 5.80. The SMILES string of the molecule is CNc1cc(F)c(C2(c3noc(-c4cccs4)n3)CC2)c(C(F)(F)F)c1. The van der Waals surface area contributed by atoms with Gasteiger partial charge in [0.25, 0.3) is 5.89 Å². The summed E-state index contributed by atoms with van der Waals surface area (Å²) in [4.78, 5) is 4.96. The van der Waals surface area contributed by atoms with E-state index in [-0.39, 0.29) is 17.4 Å². The molecule has 2 heterocycles. The molecule has 1 saturated carbocycles. The highest BCUT2D eigenvalue weighted by atomic mass is 32.1. The van der Waals surface area contributed by atoms with E-state index < -0.39 is 28.5 Å². The summed E-state index contributed by atoms with van der Waals surface area (Å²) in [6.45, 7) is 0. The van der Waals surface area contributed by atoms with E-state index in [1.807, 2.05) is 5.38 Å². The van der Waals surface area contributed by atoms with E-state index in [4.69, 9.17) is 4.52 Å². The van der Waals surface area contributed by atoms with Crippen molar-refractivity contribution in [3.05, 3.63) is 52.4 Å². The van der Waals surface area contributed by atoms with Crippen LogP contribution in [-0.4, -0.2) is 17.2 Å². The van der Waals surface area contributed by atoms with Gasteiger partial charge in [-0.2, -0.15) is 18.2 Å². The predicted octanol–water partition coefficient (Wildman–Crippen LogP) is 5.08. The normalized spacial score (nSPS) is 15.9. The Morgan fingerprint density at radius 1 is 1.27 bits per heavy atom. The molecule has 0 atom stereocenters. The molecule has 1 aliphatic carbocycles. The molecule has 0 spiro atoms. The zero-order chi connectivity index (χ0) is 18.5. The number of thiophene rings is 1. The largest absolute Gasteiger partial charge is 0.416 e. The summed E-state index contributed by atoms with van der Waals surface area (Å²) in [5.74, 6) is -0.617. The van der Waals surface area contributed by atoms with Gasteiger partial charge in [-0.15, -0.1) is 11.3 Å². The summed E-state index contributed by atoms with van der Waals surface area (Å²) in [5.41, 5.74) is -2.58. The summed E-state index contributed by atoms with van der Waals surface area (Å²) in [6, 6.07) is 5.54. The standard InChI is InChI=1S/C17H13F4N3OS/c1-22-9-7-10(17(19,20)21)13(11(18)8-9)16(4-5-16)15-23-14(25-24-15)12-3-2-6-26-12/h2-3,6-8,22H,4-5H2,1H3. The summed E-state index contributed by atoms with van der Waals surface area (Å²) >= 11 is 1.37. The Morgan fingerprint density at radius 2 is 2.04 bits per heavy atom. The Labute approximate surface area is 149 Å². The predicted molar refractivity (Wildman–Crippen MR) is 88.6 cm³/mol. The molecule has 26 heavy (non-hydrogen) atoms. The van der Waals surface area contributed by atoms with Crippen LogP contribution in [0.2, 0.25) is 0 Å². The van der Waals surface area contributed by atoms with Gasteiger partial charge in [-0.05, 0) is 36.4 Å². The topological polar surface area (TPSA) is 51.0 Å². The third-order valence-electron chi connectivity index (χ3n) is 4.50. The molecule has 1 aliphatic rings. The first-order valence-electron chi connectivity index (χ1n) is 7.82. The van der Waals surface area contributed by atoms with Crippen molar-refractivity contribution in [3.63, 3.8) is 0 Å². The Bertz CT molecular complexity index is 946. The summed E-state index contributed by atoms with van der Waals surface area (Å²) in [5, 5.41) is 8.24. The Kier molecular flexibility index (Phi) is 3.80. The lowest BCUT2D eigenvalue weighted by molar-refractivity contribution is -0.138. The van der Waals surface area contributed by atoms with E-state index in [1.54, 1.807) is 12.1 Å². The summed E-state index contributed by atoms with van der Waals surface area (Å²) < 4.78 is 60.7. The van der Waals surface area contributed by atoms with Crippen molar-refractivity contribution in [2.24, 2.45) is 0 Å². The Hall–Kier alpha value is -2.42. The molecule has 0 radical (unpaired) electrons. The van der Waals surface area contributed by atoms with Gasteiger partial charge in [-0.3, -0.25) is 0 Å². The molecule has 4 nitrogen and oxygen atoms in total. The van der Waals surface area contributed by atoms with Crippen LogP contribution in [-0.2, 0) is 11.6 Å². The zero-order valence-electron chi connectivity index (χ0n) is 13.5.